The van der Waals surface area contributed by atoms with E-state index in [1.54, 1.807) is 38.4 Å². The molecule has 0 saturated carbocycles. The molecule has 2 aromatic carbocycles. The molecule has 0 atom stereocenters. The summed E-state index contributed by atoms with van der Waals surface area (Å²) in [5.74, 6) is -0.824. The summed E-state index contributed by atoms with van der Waals surface area (Å²) in [5, 5.41) is 13.3. The third kappa shape index (κ3) is 3.69. The topological polar surface area (TPSA) is 92.6 Å². The lowest BCUT2D eigenvalue weighted by molar-refractivity contribution is -0.384. The summed E-state index contributed by atoms with van der Waals surface area (Å²) < 4.78 is 0. The molecule has 0 aliphatic rings. The Labute approximate surface area is 143 Å². The van der Waals surface area contributed by atoms with Gasteiger partial charge in [0.15, 0.2) is 0 Å². The number of nitrogens with zero attached hydrogens (tertiary/aromatic N) is 2. The summed E-state index contributed by atoms with van der Waals surface area (Å²) in [5.41, 5.74) is 0.526. The molecule has 0 spiro atoms. The minimum atomic E-state index is -0.599. The number of halogens is 1. The number of nitro groups is 1. The lowest BCUT2D eigenvalue weighted by Crippen LogP contribution is -2.24. The van der Waals surface area contributed by atoms with Crippen molar-refractivity contribution in [1.82, 2.24) is 4.90 Å². The summed E-state index contributed by atoms with van der Waals surface area (Å²) >= 11 is 5.95. The Bertz CT molecular complexity index is 821. The van der Waals surface area contributed by atoms with Crippen molar-refractivity contribution in [2.75, 3.05) is 19.4 Å². The number of para-hydroxylation sites is 1. The number of benzene rings is 2. The van der Waals surface area contributed by atoms with Gasteiger partial charge in [0.1, 0.15) is 0 Å². The standard InChI is InChI=1S/C16H14ClN3O4/c1-19(2)16(22)12-5-3-4-6-14(12)18-15(21)11-8-7-10(20(23)24)9-13(11)17/h3-9H,1-2H3,(H,18,21). The van der Waals surface area contributed by atoms with Gasteiger partial charge in [-0.25, -0.2) is 0 Å². The zero-order valence-electron chi connectivity index (χ0n) is 12.9. The molecule has 124 valence electrons. The molecule has 0 unspecified atom stereocenters. The van der Waals surface area contributed by atoms with Crippen molar-refractivity contribution < 1.29 is 14.5 Å². The first-order valence-electron chi connectivity index (χ1n) is 6.87. The first kappa shape index (κ1) is 17.4. The van der Waals surface area contributed by atoms with Gasteiger partial charge in [-0.3, -0.25) is 19.7 Å². The van der Waals surface area contributed by atoms with E-state index in [2.05, 4.69) is 5.32 Å². The molecule has 2 aromatic rings. The molecular formula is C16H14ClN3O4. The maximum Gasteiger partial charge on any atom is 0.270 e. The van der Waals surface area contributed by atoms with Crippen molar-refractivity contribution in [2.24, 2.45) is 0 Å². The second kappa shape index (κ2) is 7.10. The summed E-state index contributed by atoms with van der Waals surface area (Å²) in [7, 11) is 3.21. The fourth-order valence-corrected chi connectivity index (χ4v) is 2.27. The average molecular weight is 348 g/mol. The van der Waals surface area contributed by atoms with Crippen LogP contribution in [-0.2, 0) is 0 Å². The van der Waals surface area contributed by atoms with Crippen molar-refractivity contribution >= 4 is 34.8 Å². The summed E-state index contributed by atoms with van der Waals surface area (Å²) in [4.78, 5) is 36.0. The molecule has 0 bridgehead atoms. The first-order valence-corrected chi connectivity index (χ1v) is 7.25. The number of rotatable bonds is 4. The highest BCUT2D eigenvalue weighted by Crippen LogP contribution is 2.24. The van der Waals surface area contributed by atoms with Crippen molar-refractivity contribution in [3.05, 3.63) is 68.7 Å². The zero-order chi connectivity index (χ0) is 17.9. The maximum atomic E-state index is 12.4. The molecule has 8 heteroatoms. The minimum absolute atomic E-state index is 0.0434. The molecule has 0 fully saturated rings. The average Bonchev–Trinajstić information content (AvgIpc) is 2.54. The molecule has 0 aliphatic heterocycles. The predicted molar refractivity (Wildman–Crippen MR) is 90.5 cm³/mol. The van der Waals surface area contributed by atoms with Gasteiger partial charge >= 0.3 is 0 Å². The van der Waals surface area contributed by atoms with Gasteiger partial charge in [-0.1, -0.05) is 23.7 Å². The molecule has 0 heterocycles. The molecule has 0 radical (unpaired) electrons. The van der Waals surface area contributed by atoms with Crippen molar-refractivity contribution in [3.63, 3.8) is 0 Å². The summed E-state index contributed by atoms with van der Waals surface area (Å²) in [6, 6.07) is 10.1. The van der Waals surface area contributed by atoms with Gasteiger partial charge < -0.3 is 10.2 Å². The van der Waals surface area contributed by atoms with Gasteiger partial charge in [0.05, 0.1) is 26.8 Å². The number of nitrogens with one attached hydrogen (secondary N) is 1. The highest BCUT2D eigenvalue weighted by atomic mass is 35.5. The largest absolute Gasteiger partial charge is 0.345 e. The lowest BCUT2D eigenvalue weighted by Gasteiger charge is -2.15. The summed E-state index contributed by atoms with van der Waals surface area (Å²) in [6.07, 6.45) is 0. The molecule has 0 aromatic heterocycles. The van der Waals surface area contributed by atoms with E-state index in [9.17, 15) is 19.7 Å². The van der Waals surface area contributed by atoms with E-state index < -0.39 is 10.8 Å². The number of hydrogen-bond donors (Lipinski definition) is 1. The van der Waals surface area contributed by atoms with Crippen LogP contribution in [0, 0.1) is 10.1 Å². The Morgan fingerprint density at radius 3 is 2.38 bits per heavy atom. The number of anilines is 1. The van der Waals surface area contributed by atoms with Crippen LogP contribution in [0.5, 0.6) is 0 Å². The SMILES string of the molecule is CN(C)C(=O)c1ccccc1NC(=O)c1ccc([N+](=O)[O-])cc1Cl. The van der Waals surface area contributed by atoms with Crippen LogP contribution >= 0.6 is 11.6 Å². The quantitative estimate of drug-likeness (QED) is 0.679. The van der Waals surface area contributed by atoms with Crippen molar-refractivity contribution in [1.29, 1.82) is 0 Å². The van der Waals surface area contributed by atoms with E-state index in [1.807, 2.05) is 0 Å². The van der Waals surface area contributed by atoms with E-state index in [-0.39, 0.29) is 22.2 Å². The van der Waals surface area contributed by atoms with Gasteiger partial charge in [-0.15, -0.1) is 0 Å². The Balaban J connectivity index is 2.31. The molecule has 7 nitrogen and oxygen atoms in total. The van der Waals surface area contributed by atoms with Crippen molar-refractivity contribution in [2.45, 2.75) is 0 Å². The number of carbonyl (C=O) groups is 2. The normalized spacial score (nSPS) is 10.1. The van der Waals surface area contributed by atoms with Crippen LogP contribution in [0.25, 0.3) is 0 Å². The maximum absolute atomic E-state index is 12.4. The fourth-order valence-electron chi connectivity index (χ4n) is 2.01. The molecule has 2 amide bonds. The number of nitro benzene ring substituents is 1. The second-order valence-corrected chi connectivity index (χ2v) is 5.53. The zero-order valence-corrected chi connectivity index (χ0v) is 13.7. The van der Waals surface area contributed by atoms with Crippen LogP contribution in [0.15, 0.2) is 42.5 Å². The Hall–Kier alpha value is -2.93. The molecule has 0 aliphatic carbocycles. The van der Waals surface area contributed by atoms with Gasteiger partial charge in [0, 0.05) is 26.2 Å². The van der Waals surface area contributed by atoms with Crippen molar-refractivity contribution in [3.8, 4) is 0 Å². The number of amides is 2. The van der Waals surface area contributed by atoms with Crippen LogP contribution in [0.4, 0.5) is 11.4 Å². The molecular weight excluding hydrogens is 334 g/mol. The fraction of sp³-hybridized carbons (Fsp3) is 0.125. The van der Waals surface area contributed by atoms with Crippen LogP contribution in [0.1, 0.15) is 20.7 Å². The van der Waals surface area contributed by atoms with Gasteiger partial charge in [-0.2, -0.15) is 0 Å². The molecule has 1 N–H and O–H groups in total. The monoisotopic (exact) mass is 347 g/mol. The molecule has 2 rings (SSSR count). The Morgan fingerprint density at radius 1 is 1.12 bits per heavy atom. The third-order valence-corrected chi connectivity index (χ3v) is 3.53. The van der Waals surface area contributed by atoms with Crippen LogP contribution in [0.2, 0.25) is 5.02 Å². The first-order chi connectivity index (χ1) is 11.3. The highest BCUT2D eigenvalue weighted by Gasteiger charge is 2.18. The van der Waals surface area contributed by atoms with E-state index in [0.29, 0.717) is 11.3 Å². The Kier molecular flexibility index (Phi) is 5.15. The molecule has 0 saturated heterocycles. The van der Waals surface area contributed by atoms with Gasteiger partial charge in [0.2, 0.25) is 0 Å². The van der Waals surface area contributed by atoms with Gasteiger partial charge in [-0.05, 0) is 18.2 Å². The van der Waals surface area contributed by atoms with E-state index in [4.69, 9.17) is 11.6 Å². The van der Waals surface area contributed by atoms with Crippen LogP contribution in [-0.4, -0.2) is 35.7 Å². The van der Waals surface area contributed by atoms with E-state index in [1.165, 1.54) is 17.0 Å². The van der Waals surface area contributed by atoms with Crippen LogP contribution < -0.4 is 5.32 Å². The Morgan fingerprint density at radius 2 is 1.79 bits per heavy atom. The van der Waals surface area contributed by atoms with E-state index >= 15 is 0 Å². The summed E-state index contributed by atoms with van der Waals surface area (Å²) in [6.45, 7) is 0. The third-order valence-electron chi connectivity index (χ3n) is 3.22. The second-order valence-electron chi connectivity index (χ2n) is 5.12. The van der Waals surface area contributed by atoms with Crippen LogP contribution in [0.3, 0.4) is 0 Å². The van der Waals surface area contributed by atoms with E-state index in [0.717, 1.165) is 6.07 Å². The minimum Gasteiger partial charge on any atom is -0.345 e. The van der Waals surface area contributed by atoms with Gasteiger partial charge in [0.25, 0.3) is 17.5 Å². The number of carbonyl (C=O) groups excluding carboxylic acids is 2. The highest BCUT2D eigenvalue weighted by molar-refractivity contribution is 6.34. The number of hydrogen-bond acceptors (Lipinski definition) is 4. The molecule has 24 heavy (non-hydrogen) atoms. The smallest absolute Gasteiger partial charge is 0.270 e. The number of non-ortho nitro benzene ring substituents is 1. The predicted octanol–water partition coefficient (Wildman–Crippen LogP) is 3.20. The lowest BCUT2D eigenvalue weighted by atomic mass is 10.1.